The zero-order chi connectivity index (χ0) is 80.0. The molecule has 26 N–H and O–H groups in total. The number of aliphatic imine (C=N–C) groups is 2. The van der Waals surface area contributed by atoms with Gasteiger partial charge in [0.15, 0.2) is 11.9 Å². The second-order valence-corrected chi connectivity index (χ2v) is 27.6. The summed E-state index contributed by atoms with van der Waals surface area (Å²) in [6.07, 6.45) is -3.30. The maximum atomic E-state index is 14.7. The number of hydrogen-bond acceptors (Lipinski definition) is 21. The average Bonchev–Trinajstić information content (AvgIpc) is 1.62. The van der Waals surface area contributed by atoms with Gasteiger partial charge < -0.3 is 122 Å². The first-order valence-corrected chi connectivity index (χ1v) is 35.5. The number of aliphatic carboxylic acids is 3. The highest BCUT2D eigenvalue weighted by molar-refractivity contribution is 6.00. The average molecular weight is 1510 g/mol. The van der Waals surface area contributed by atoms with Crippen molar-refractivity contribution in [2.24, 2.45) is 62.1 Å². The summed E-state index contributed by atoms with van der Waals surface area (Å²) in [5, 5.41) is 71.9. The van der Waals surface area contributed by atoms with E-state index in [0.29, 0.717) is 6.42 Å². The van der Waals surface area contributed by atoms with Gasteiger partial charge >= 0.3 is 17.9 Å². The molecule has 0 aromatic heterocycles. The van der Waals surface area contributed by atoms with Crippen molar-refractivity contribution in [1.82, 2.24) is 62.6 Å². The fourth-order valence-electron chi connectivity index (χ4n) is 12.2. The van der Waals surface area contributed by atoms with Crippen molar-refractivity contribution in [2.75, 3.05) is 39.3 Å². The van der Waals surface area contributed by atoms with Gasteiger partial charge in [-0.25, -0.2) is 4.79 Å². The summed E-state index contributed by atoms with van der Waals surface area (Å²) in [4.78, 5) is 227. The number of carbonyl (C=O) groups excluding carboxylic acids is 13. The van der Waals surface area contributed by atoms with Crippen LogP contribution in [-0.2, 0) is 76.7 Å². The number of aliphatic hydroxyl groups excluding tert-OH is 2. The van der Waals surface area contributed by atoms with Crippen LogP contribution in [0.2, 0.25) is 0 Å². The third-order valence-corrected chi connectivity index (χ3v) is 17.9. The predicted octanol–water partition coefficient (Wildman–Crippen LogP) is -7.43. The molecule has 3 rings (SSSR count). The first-order chi connectivity index (χ1) is 49.7. The van der Waals surface area contributed by atoms with Crippen LogP contribution in [0.15, 0.2) is 9.98 Å². The van der Waals surface area contributed by atoms with Crippen molar-refractivity contribution in [1.29, 1.82) is 0 Å². The lowest BCUT2D eigenvalue weighted by Crippen LogP contribution is -2.63. The number of aliphatic hydroxyl groups is 2. The predicted molar refractivity (Wildman–Crippen MR) is 377 cm³/mol. The van der Waals surface area contributed by atoms with Crippen LogP contribution in [0.25, 0.3) is 0 Å². The minimum absolute atomic E-state index is 0.0177. The number of carbonyl (C=O) groups is 16. The molecule has 3 aliphatic rings. The van der Waals surface area contributed by atoms with Gasteiger partial charge in [-0.1, -0.05) is 41.5 Å². The first-order valence-electron chi connectivity index (χ1n) is 35.5. The molecule has 3 saturated heterocycles. The van der Waals surface area contributed by atoms with Gasteiger partial charge in [0.25, 0.3) is 0 Å². The molecule has 0 bridgehead atoms. The largest absolute Gasteiger partial charge is 0.481 e. The van der Waals surface area contributed by atoms with Gasteiger partial charge in [-0.05, 0) is 115 Å². The Bertz CT molecular complexity index is 3180. The molecule has 3 fully saturated rings. The van der Waals surface area contributed by atoms with Crippen molar-refractivity contribution in [3.05, 3.63) is 0 Å². The van der Waals surface area contributed by atoms with E-state index in [9.17, 15) is 97.1 Å². The van der Waals surface area contributed by atoms with Crippen molar-refractivity contribution < 1.29 is 102 Å². The highest BCUT2D eigenvalue weighted by Gasteiger charge is 2.46. The summed E-state index contributed by atoms with van der Waals surface area (Å²) in [7, 11) is 0. The monoisotopic (exact) mass is 1510 g/mol. The van der Waals surface area contributed by atoms with Crippen LogP contribution in [0.5, 0.6) is 0 Å². The summed E-state index contributed by atoms with van der Waals surface area (Å²) < 4.78 is 0. The van der Waals surface area contributed by atoms with E-state index in [4.69, 9.17) is 39.5 Å². The van der Waals surface area contributed by atoms with Crippen LogP contribution in [0.4, 0.5) is 0 Å². The van der Waals surface area contributed by atoms with Gasteiger partial charge in [0, 0.05) is 52.0 Å². The summed E-state index contributed by atoms with van der Waals surface area (Å²) in [5.74, 6) is -18.2. The van der Waals surface area contributed by atoms with E-state index in [0.717, 1.165) is 4.90 Å². The second-order valence-electron chi connectivity index (χ2n) is 27.6. The molecule has 0 unspecified atom stereocenters. The Kier molecular flexibility index (Phi) is 37.4. The van der Waals surface area contributed by atoms with Gasteiger partial charge in [0.1, 0.15) is 72.5 Å². The third-order valence-electron chi connectivity index (χ3n) is 17.9. The standard InChI is InChI=1S/C65H110N20O21/c1-31(2)29-40(61(103)85-28-12-17-44(85)62(104)84-27-11-16-43(84)56(98)79-41(30-86)54(96)74-36(14-9-25-73-65(70)71)52(94)77-39(63(105)106)20-23-47(91)92)78-59(101)50(34(7)87)82-58(100)49(33(5)6)81-57(99)48(32(3)4)80-53(95)37(18-21-45(67)88)75-55(97)42-15-10-26-83(42)60(102)38(19-22-46(89)90)76-51(93)35(66)13-8-24-72-64(68)69/h31-44,48-50,86-87H,8-30,66H2,1-7H3,(H2,67,88)(H,74,96)(H,75,97)(H,76,93)(H,77,94)(H,78,101)(H,79,98)(H,80,95)(H,81,99)(H,82,100)(H,89,90)(H,91,92)(H,105,106)(H4,68,69,72)(H4,70,71,73)/t34-,35+,36+,37+,38+,39+,40+,41+,42+,43+,44+,48+,49+,50+/m1/s1. The summed E-state index contributed by atoms with van der Waals surface area (Å²) >= 11 is 0. The summed E-state index contributed by atoms with van der Waals surface area (Å²) in [6.45, 7) is 9.95. The summed E-state index contributed by atoms with van der Waals surface area (Å²) in [6, 6.07) is -18.9. The van der Waals surface area contributed by atoms with Crippen molar-refractivity contribution in [3.8, 4) is 0 Å². The molecular weight excluding hydrogens is 1400 g/mol. The minimum atomic E-state index is -1.79. The third kappa shape index (κ3) is 29.1. The lowest BCUT2D eigenvalue weighted by molar-refractivity contribution is -0.148. The van der Waals surface area contributed by atoms with Gasteiger partial charge in [-0.15, -0.1) is 0 Å². The molecule has 0 aromatic rings. The molecule has 3 aliphatic heterocycles. The number of carboxylic acid groups (broad SMARTS) is 3. The van der Waals surface area contributed by atoms with Crippen molar-refractivity contribution in [2.45, 2.75) is 242 Å². The van der Waals surface area contributed by atoms with Crippen LogP contribution >= 0.6 is 0 Å². The molecule has 3 heterocycles. The Balaban J connectivity index is 1.80. The van der Waals surface area contributed by atoms with Crippen LogP contribution in [0, 0.1) is 17.8 Å². The molecule has 596 valence electrons. The number of primary amides is 1. The van der Waals surface area contributed by atoms with Gasteiger partial charge in [-0.2, -0.15) is 0 Å². The molecule has 41 heteroatoms. The number of hydrogen-bond donors (Lipinski definition) is 20. The molecule has 41 nitrogen and oxygen atoms in total. The molecule has 0 radical (unpaired) electrons. The van der Waals surface area contributed by atoms with Gasteiger partial charge in [0.2, 0.25) is 76.8 Å². The zero-order valence-electron chi connectivity index (χ0n) is 61.0. The van der Waals surface area contributed by atoms with Crippen LogP contribution in [-0.4, -0.2) is 271 Å². The van der Waals surface area contributed by atoms with E-state index in [1.54, 1.807) is 41.5 Å². The van der Waals surface area contributed by atoms with E-state index in [2.05, 4.69) is 57.8 Å². The van der Waals surface area contributed by atoms with E-state index < -0.39 is 230 Å². The SMILES string of the molecule is CC(C)C[C@H](NC(=O)[C@@H](NC(=O)[C@@H](NC(=O)[C@@H](NC(=O)[C@H](CCC(N)=O)NC(=O)[C@@H]1CCCN1C(=O)[C@H](CCC(=O)O)NC(=O)[C@@H](N)CCCN=C(N)N)C(C)C)C(C)C)[C@@H](C)O)C(=O)N1CCC[C@H]1C(=O)N1CCC[C@H]1C(=O)N[C@@H](CO)C(=O)N[C@@H](CCCN=C(N)N)C(=O)N[C@@H](CCC(=O)O)C(=O)O. The number of carboxylic acids is 3. The van der Waals surface area contributed by atoms with E-state index in [-0.39, 0.29) is 121 Å². The van der Waals surface area contributed by atoms with E-state index >= 15 is 0 Å². The van der Waals surface area contributed by atoms with Gasteiger partial charge in [-0.3, -0.25) is 81.9 Å². The molecule has 14 atom stereocenters. The lowest BCUT2D eigenvalue weighted by Gasteiger charge is -2.34. The minimum Gasteiger partial charge on any atom is -0.481 e. The Labute approximate surface area is 613 Å². The van der Waals surface area contributed by atoms with E-state index in [1.165, 1.54) is 16.7 Å². The quantitative estimate of drug-likeness (QED) is 0.0153. The maximum absolute atomic E-state index is 14.7. The number of nitrogens with two attached hydrogens (primary N) is 6. The van der Waals surface area contributed by atoms with E-state index in [1.807, 2.05) is 0 Å². The molecule has 0 saturated carbocycles. The molecule has 0 aromatic carbocycles. The maximum Gasteiger partial charge on any atom is 0.326 e. The van der Waals surface area contributed by atoms with Crippen LogP contribution in [0.1, 0.15) is 158 Å². The number of nitrogens with zero attached hydrogens (tertiary/aromatic N) is 5. The normalized spacial score (nSPS) is 18.7. The first kappa shape index (κ1) is 90.2. The molecule has 0 spiro atoms. The Morgan fingerprint density at radius 3 is 1.30 bits per heavy atom. The van der Waals surface area contributed by atoms with Crippen molar-refractivity contribution in [3.63, 3.8) is 0 Å². The Hall–Kier alpha value is -10.1. The second kappa shape index (κ2) is 44.0. The zero-order valence-corrected chi connectivity index (χ0v) is 61.0. The number of nitrogens with one attached hydrogen (secondary N) is 9. The summed E-state index contributed by atoms with van der Waals surface area (Å²) in [5.41, 5.74) is 33.0. The number of guanidine groups is 2. The molecule has 0 aliphatic carbocycles. The fourth-order valence-corrected chi connectivity index (χ4v) is 12.2. The Morgan fingerprint density at radius 1 is 0.434 bits per heavy atom. The number of amides is 13. The number of rotatable bonds is 45. The van der Waals surface area contributed by atoms with Crippen LogP contribution < -0.4 is 82.3 Å². The smallest absolute Gasteiger partial charge is 0.326 e. The lowest BCUT2D eigenvalue weighted by atomic mass is 9.98. The Morgan fingerprint density at radius 2 is 0.821 bits per heavy atom. The van der Waals surface area contributed by atoms with Crippen LogP contribution in [0.3, 0.4) is 0 Å². The molecule has 13 amide bonds. The highest BCUT2D eigenvalue weighted by atomic mass is 16.4. The van der Waals surface area contributed by atoms with Gasteiger partial charge in [0.05, 0.1) is 18.8 Å². The van der Waals surface area contributed by atoms with Crippen molar-refractivity contribution >= 4 is 107 Å². The topological polar surface area (TPSA) is 673 Å². The molecular formula is C65H110N20O21. The number of likely N-dealkylation sites (tertiary alicyclic amines) is 3. The molecule has 106 heavy (non-hydrogen) atoms. The fraction of sp³-hybridized carbons (Fsp3) is 0.723. The highest BCUT2D eigenvalue weighted by Crippen LogP contribution is 2.27.